The van der Waals surface area contributed by atoms with E-state index in [0.717, 1.165) is 40.9 Å². The SMILES string of the molecule is CCCCNC(=O)c1cc(-c2ccc(C)c(C)c2)nn1-c1cc(C)ccc1C. The molecule has 28 heavy (non-hydrogen) atoms. The Bertz CT molecular complexity index is 1000. The standard InChI is InChI=1S/C24H29N3O/c1-6-7-12-25-24(28)23-15-21(20-11-10-17(3)19(5)14-20)26-27(23)22-13-16(2)8-9-18(22)4/h8-11,13-15H,6-7,12H2,1-5H3,(H,25,28). The Morgan fingerprint density at radius 2 is 1.71 bits per heavy atom. The number of nitrogens with zero attached hydrogens (tertiary/aromatic N) is 2. The molecule has 4 nitrogen and oxygen atoms in total. The van der Waals surface area contributed by atoms with Gasteiger partial charge in [-0.15, -0.1) is 0 Å². The van der Waals surface area contributed by atoms with Gasteiger partial charge in [0.2, 0.25) is 0 Å². The summed E-state index contributed by atoms with van der Waals surface area (Å²) in [5.41, 5.74) is 8.03. The molecule has 0 aliphatic heterocycles. The van der Waals surface area contributed by atoms with E-state index < -0.39 is 0 Å². The summed E-state index contributed by atoms with van der Waals surface area (Å²) in [7, 11) is 0. The van der Waals surface area contributed by atoms with E-state index in [4.69, 9.17) is 5.10 Å². The molecule has 1 N–H and O–H groups in total. The van der Waals surface area contributed by atoms with Gasteiger partial charge in [0.1, 0.15) is 5.69 Å². The maximum absolute atomic E-state index is 12.9. The van der Waals surface area contributed by atoms with Crippen LogP contribution in [-0.4, -0.2) is 22.2 Å². The van der Waals surface area contributed by atoms with E-state index in [-0.39, 0.29) is 5.91 Å². The van der Waals surface area contributed by atoms with Crippen molar-refractivity contribution in [2.45, 2.75) is 47.5 Å². The summed E-state index contributed by atoms with van der Waals surface area (Å²) in [6.45, 7) is 11.1. The second-order valence-corrected chi connectivity index (χ2v) is 7.53. The van der Waals surface area contributed by atoms with Crippen LogP contribution in [0.5, 0.6) is 0 Å². The molecule has 1 aromatic heterocycles. The summed E-state index contributed by atoms with van der Waals surface area (Å²) >= 11 is 0. The molecule has 0 unspecified atom stereocenters. The smallest absolute Gasteiger partial charge is 0.270 e. The number of benzene rings is 2. The van der Waals surface area contributed by atoms with Gasteiger partial charge in [-0.05, 0) is 74.6 Å². The van der Waals surface area contributed by atoms with Crippen LogP contribution < -0.4 is 5.32 Å². The number of rotatable bonds is 6. The number of unbranched alkanes of at least 4 members (excludes halogenated alkanes) is 1. The Hall–Kier alpha value is -2.88. The average Bonchev–Trinajstić information content (AvgIpc) is 3.11. The van der Waals surface area contributed by atoms with Gasteiger partial charge in [0, 0.05) is 12.1 Å². The summed E-state index contributed by atoms with van der Waals surface area (Å²) in [6.07, 6.45) is 2.01. The maximum Gasteiger partial charge on any atom is 0.270 e. The van der Waals surface area contributed by atoms with Crippen molar-refractivity contribution in [3.05, 3.63) is 70.4 Å². The molecule has 2 aromatic carbocycles. The number of aryl methyl sites for hydroxylation is 4. The van der Waals surface area contributed by atoms with Crippen molar-refractivity contribution in [1.82, 2.24) is 15.1 Å². The summed E-state index contributed by atoms with van der Waals surface area (Å²) in [6, 6.07) is 14.4. The zero-order chi connectivity index (χ0) is 20.3. The van der Waals surface area contributed by atoms with Crippen LogP contribution in [0.25, 0.3) is 16.9 Å². The maximum atomic E-state index is 12.9. The number of amides is 1. The molecular formula is C24H29N3O. The predicted molar refractivity (Wildman–Crippen MR) is 115 cm³/mol. The third-order valence-corrected chi connectivity index (χ3v) is 5.15. The van der Waals surface area contributed by atoms with Crippen LogP contribution in [0, 0.1) is 27.7 Å². The Labute approximate surface area is 167 Å². The van der Waals surface area contributed by atoms with Gasteiger partial charge < -0.3 is 5.32 Å². The van der Waals surface area contributed by atoms with Gasteiger partial charge in [0.15, 0.2) is 0 Å². The summed E-state index contributed by atoms with van der Waals surface area (Å²) in [5.74, 6) is -0.0862. The van der Waals surface area contributed by atoms with Crippen LogP contribution in [0.3, 0.4) is 0 Å². The first-order valence-corrected chi connectivity index (χ1v) is 9.94. The number of hydrogen-bond acceptors (Lipinski definition) is 2. The zero-order valence-corrected chi connectivity index (χ0v) is 17.5. The Morgan fingerprint density at radius 3 is 2.43 bits per heavy atom. The molecule has 3 rings (SSSR count). The Morgan fingerprint density at radius 1 is 0.964 bits per heavy atom. The van der Waals surface area contributed by atoms with Gasteiger partial charge >= 0.3 is 0 Å². The first-order chi connectivity index (χ1) is 13.4. The largest absolute Gasteiger partial charge is 0.351 e. The molecular weight excluding hydrogens is 346 g/mol. The minimum Gasteiger partial charge on any atom is -0.351 e. The predicted octanol–water partition coefficient (Wildman–Crippen LogP) is 5.30. The molecule has 0 spiro atoms. The van der Waals surface area contributed by atoms with E-state index in [0.29, 0.717) is 12.2 Å². The highest BCUT2D eigenvalue weighted by Gasteiger charge is 2.19. The third-order valence-electron chi connectivity index (χ3n) is 5.15. The lowest BCUT2D eigenvalue weighted by Crippen LogP contribution is -2.26. The second-order valence-electron chi connectivity index (χ2n) is 7.53. The molecule has 0 saturated carbocycles. The van der Waals surface area contributed by atoms with Crippen LogP contribution in [0.1, 0.15) is 52.5 Å². The van der Waals surface area contributed by atoms with Crippen LogP contribution in [-0.2, 0) is 0 Å². The van der Waals surface area contributed by atoms with Gasteiger partial charge in [-0.3, -0.25) is 4.79 Å². The van der Waals surface area contributed by atoms with E-state index in [9.17, 15) is 4.79 Å². The minimum atomic E-state index is -0.0862. The molecule has 146 valence electrons. The lowest BCUT2D eigenvalue weighted by Gasteiger charge is -2.11. The molecule has 0 aliphatic carbocycles. The molecule has 0 atom stereocenters. The van der Waals surface area contributed by atoms with Gasteiger partial charge in [-0.2, -0.15) is 5.10 Å². The lowest BCUT2D eigenvalue weighted by atomic mass is 10.0. The molecule has 1 amide bonds. The number of aromatic nitrogens is 2. The van der Waals surface area contributed by atoms with Gasteiger partial charge in [0.05, 0.1) is 11.4 Å². The fraction of sp³-hybridized carbons (Fsp3) is 0.333. The van der Waals surface area contributed by atoms with Crippen LogP contribution in [0.15, 0.2) is 42.5 Å². The number of nitrogens with one attached hydrogen (secondary N) is 1. The van der Waals surface area contributed by atoms with E-state index >= 15 is 0 Å². The highest BCUT2D eigenvalue weighted by atomic mass is 16.2. The normalized spacial score (nSPS) is 10.9. The van der Waals surface area contributed by atoms with Crippen molar-refractivity contribution in [2.75, 3.05) is 6.54 Å². The highest BCUT2D eigenvalue weighted by molar-refractivity contribution is 5.94. The molecule has 0 radical (unpaired) electrons. The molecule has 0 fully saturated rings. The number of carbonyl (C=O) groups excluding carboxylic acids is 1. The molecule has 4 heteroatoms. The second kappa shape index (κ2) is 8.42. The molecule has 0 saturated heterocycles. The summed E-state index contributed by atoms with van der Waals surface area (Å²) in [5, 5.41) is 7.86. The van der Waals surface area contributed by atoms with Crippen LogP contribution >= 0.6 is 0 Å². The van der Waals surface area contributed by atoms with Crippen molar-refractivity contribution < 1.29 is 4.79 Å². The van der Waals surface area contributed by atoms with Gasteiger partial charge in [-0.25, -0.2) is 4.68 Å². The zero-order valence-electron chi connectivity index (χ0n) is 17.5. The monoisotopic (exact) mass is 375 g/mol. The average molecular weight is 376 g/mol. The number of hydrogen-bond donors (Lipinski definition) is 1. The first-order valence-electron chi connectivity index (χ1n) is 9.94. The molecule has 0 bridgehead atoms. The van der Waals surface area contributed by atoms with E-state index in [2.05, 4.69) is 69.4 Å². The van der Waals surface area contributed by atoms with Crippen molar-refractivity contribution in [1.29, 1.82) is 0 Å². The minimum absolute atomic E-state index is 0.0862. The fourth-order valence-corrected chi connectivity index (χ4v) is 3.19. The highest BCUT2D eigenvalue weighted by Crippen LogP contribution is 2.25. The molecule has 0 aliphatic rings. The molecule has 1 heterocycles. The summed E-state index contributed by atoms with van der Waals surface area (Å²) in [4.78, 5) is 12.9. The van der Waals surface area contributed by atoms with Crippen molar-refractivity contribution >= 4 is 5.91 Å². The van der Waals surface area contributed by atoms with Crippen LogP contribution in [0.4, 0.5) is 0 Å². The quantitative estimate of drug-likeness (QED) is 0.594. The topological polar surface area (TPSA) is 46.9 Å². The van der Waals surface area contributed by atoms with Gasteiger partial charge in [-0.1, -0.05) is 37.6 Å². The lowest BCUT2D eigenvalue weighted by molar-refractivity contribution is 0.0945. The van der Waals surface area contributed by atoms with Crippen molar-refractivity contribution in [3.8, 4) is 16.9 Å². The van der Waals surface area contributed by atoms with E-state index in [1.165, 1.54) is 11.1 Å². The number of carbonyl (C=O) groups is 1. The van der Waals surface area contributed by atoms with E-state index in [1.807, 2.05) is 13.0 Å². The summed E-state index contributed by atoms with van der Waals surface area (Å²) < 4.78 is 1.79. The Kier molecular flexibility index (Phi) is 5.98. The van der Waals surface area contributed by atoms with Gasteiger partial charge in [0.25, 0.3) is 5.91 Å². The van der Waals surface area contributed by atoms with E-state index in [1.54, 1.807) is 4.68 Å². The van der Waals surface area contributed by atoms with Crippen LogP contribution in [0.2, 0.25) is 0 Å². The first kappa shape index (κ1) is 19.9. The fourth-order valence-electron chi connectivity index (χ4n) is 3.19. The van der Waals surface area contributed by atoms with Crippen molar-refractivity contribution in [3.63, 3.8) is 0 Å². The third kappa shape index (κ3) is 4.16. The molecule has 3 aromatic rings. The van der Waals surface area contributed by atoms with Crippen molar-refractivity contribution in [2.24, 2.45) is 0 Å². The Balaban J connectivity index is 2.10.